The molecule has 1 aromatic heterocycles. The van der Waals surface area contributed by atoms with Crippen molar-refractivity contribution in [2.24, 2.45) is 5.14 Å². The van der Waals surface area contributed by atoms with Gasteiger partial charge in [0.15, 0.2) is 5.76 Å². The average molecular weight is 464 g/mol. The van der Waals surface area contributed by atoms with E-state index in [1.54, 1.807) is 30.3 Å². The van der Waals surface area contributed by atoms with E-state index < -0.39 is 21.8 Å². The second kappa shape index (κ2) is 7.97. The molecule has 144 valence electrons. The van der Waals surface area contributed by atoms with Gasteiger partial charge < -0.3 is 15.1 Å². The Kier molecular flexibility index (Phi) is 5.63. The first kappa shape index (κ1) is 19.8. The molecule has 0 aliphatic rings. The fourth-order valence-electron chi connectivity index (χ4n) is 2.33. The van der Waals surface area contributed by atoms with Crippen molar-refractivity contribution in [3.05, 3.63) is 76.7 Å². The van der Waals surface area contributed by atoms with Crippen LogP contribution < -0.4 is 15.8 Å². The number of anilines is 2. The van der Waals surface area contributed by atoms with Crippen molar-refractivity contribution in [1.82, 2.24) is 0 Å². The van der Waals surface area contributed by atoms with Crippen molar-refractivity contribution in [2.75, 3.05) is 10.6 Å². The van der Waals surface area contributed by atoms with E-state index in [1.807, 2.05) is 0 Å². The summed E-state index contributed by atoms with van der Waals surface area (Å²) < 4.78 is 28.4. The van der Waals surface area contributed by atoms with Gasteiger partial charge in [-0.15, -0.1) is 0 Å². The Bertz CT molecular complexity index is 1140. The van der Waals surface area contributed by atoms with E-state index in [0.29, 0.717) is 15.8 Å². The van der Waals surface area contributed by atoms with Crippen LogP contribution in [0.4, 0.5) is 11.4 Å². The Balaban J connectivity index is 1.79. The second-order valence-electron chi connectivity index (χ2n) is 5.65. The van der Waals surface area contributed by atoms with Crippen LogP contribution in [0.5, 0.6) is 0 Å². The zero-order valence-electron chi connectivity index (χ0n) is 14.2. The van der Waals surface area contributed by atoms with E-state index in [4.69, 9.17) is 9.56 Å². The summed E-state index contributed by atoms with van der Waals surface area (Å²) in [6.07, 6.45) is 1.39. The number of benzene rings is 2. The van der Waals surface area contributed by atoms with Gasteiger partial charge in [-0.25, -0.2) is 13.6 Å². The molecule has 0 atom stereocenters. The molecule has 0 bridgehead atoms. The van der Waals surface area contributed by atoms with Crippen LogP contribution in [-0.2, 0) is 10.0 Å². The molecule has 0 fully saturated rings. The molecule has 3 rings (SSSR count). The Morgan fingerprint density at radius 1 is 0.929 bits per heavy atom. The van der Waals surface area contributed by atoms with E-state index in [2.05, 4.69) is 26.6 Å². The van der Waals surface area contributed by atoms with Crippen LogP contribution in [0.2, 0.25) is 0 Å². The van der Waals surface area contributed by atoms with Gasteiger partial charge in [-0.05, 0) is 64.5 Å². The van der Waals surface area contributed by atoms with Gasteiger partial charge in [0.1, 0.15) is 0 Å². The molecule has 0 aliphatic heterocycles. The summed E-state index contributed by atoms with van der Waals surface area (Å²) in [5, 5.41) is 10.4. The topological polar surface area (TPSA) is 132 Å². The highest BCUT2D eigenvalue weighted by Crippen LogP contribution is 2.23. The summed E-state index contributed by atoms with van der Waals surface area (Å²) in [6, 6.07) is 13.5. The van der Waals surface area contributed by atoms with E-state index in [1.165, 1.54) is 30.5 Å². The molecule has 0 saturated heterocycles. The van der Waals surface area contributed by atoms with Gasteiger partial charge in [0, 0.05) is 15.8 Å². The maximum absolute atomic E-state index is 12.6. The van der Waals surface area contributed by atoms with Crippen LogP contribution in [0.15, 0.2) is 74.6 Å². The molecule has 3 aromatic rings. The van der Waals surface area contributed by atoms with Crippen LogP contribution >= 0.6 is 15.9 Å². The fraction of sp³-hybridized carbons (Fsp3) is 0. The molecular formula is C18H14BrN3O5S. The lowest BCUT2D eigenvalue weighted by Crippen LogP contribution is -2.16. The smallest absolute Gasteiger partial charge is 0.291 e. The molecule has 2 amide bonds. The first-order chi connectivity index (χ1) is 13.2. The van der Waals surface area contributed by atoms with E-state index >= 15 is 0 Å². The summed E-state index contributed by atoms with van der Waals surface area (Å²) in [7, 11) is -3.95. The highest BCUT2D eigenvalue weighted by Gasteiger charge is 2.16. The number of rotatable bonds is 5. The van der Waals surface area contributed by atoms with Crippen LogP contribution in [0.1, 0.15) is 20.9 Å². The lowest BCUT2D eigenvalue weighted by molar-refractivity contribution is 0.0995. The second-order valence-corrected chi connectivity index (χ2v) is 8.07. The van der Waals surface area contributed by atoms with Gasteiger partial charge in [0.25, 0.3) is 11.8 Å². The minimum Gasteiger partial charge on any atom is -0.459 e. The number of carbonyl (C=O) groups excluding carboxylic acids is 2. The number of nitrogens with two attached hydrogens (primary N) is 1. The fourth-order valence-corrected chi connectivity index (χ4v) is 3.30. The molecule has 1 heterocycles. The summed E-state index contributed by atoms with van der Waals surface area (Å²) in [4.78, 5) is 24.4. The largest absolute Gasteiger partial charge is 0.459 e. The monoisotopic (exact) mass is 463 g/mol. The number of hydrogen-bond acceptors (Lipinski definition) is 5. The first-order valence-electron chi connectivity index (χ1n) is 7.82. The number of carbonyl (C=O) groups is 2. The highest BCUT2D eigenvalue weighted by atomic mass is 79.9. The number of nitrogens with one attached hydrogen (secondary N) is 2. The van der Waals surface area contributed by atoms with E-state index in [9.17, 15) is 18.0 Å². The number of sulfonamides is 1. The molecule has 0 unspecified atom stereocenters. The Labute approximate surface area is 168 Å². The Morgan fingerprint density at radius 2 is 1.61 bits per heavy atom. The van der Waals surface area contributed by atoms with Crippen LogP contribution in [0, 0.1) is 0 Å². The SMILES string of the molecule is NS(=O)(=O)c1ccc(Br)c(C(=O)Nc2cccc(NC(=O)c3ccco3)c2)c1. The average Bonchev–Trinajstić information content (AvgIpc) is 3.16. The van der Waals surface area contributed by atoms with E-state index in [-0.39, 0.29) is 16.2 Å². The third kappa shape index (κ3) is 4.66. The van der Waals surface area contributed by atoms with Crippen LogP contribution in [0.3, 0.4) is 0 Å². The molecular weight excluding hydrogens is 450 g/mol. The van der Waals surface area contributed by atoms with Gasteiger partial charge >= 0.3 is 0 Å². The summed E-state index contributed by atoms with van der Waals surface area (Å²) in [5.41, 5.74) is 0.934. The van der Waals surface area contributed by atoms with Gasteiger partial charge in [0.05, 0.1) is 16.7 Å². The standard InChI is InChI=1S/C18H14BrN3O5S/c19-15-7-6-13(28(20,25)26)10-14(15)17(23)21-11-3-1-4-12(9-11)22-18(24)16-5-2-8-27-16/h1-10H,(H,21,23)(H,22,24)(H2,20,25,26). The molecule has 0 radical (unpaired) electrons. The third-order valence-corrected chi connectivity index (χ3v) is 5.24. The zero-order valence-corrected chi connectivity index (χ0v) is 16.6. The maximum atomic E-state index is 12.6. The highest BCUT2D eigenvalue weighted by molar-refractivity contribution is 9.10. The van der Waals surface area contributed by atoms with Gasteiger partial charge in [-0.3, -0.25) is 9.59 Å². The van der Waals surface area contributed by atoms with Crippen LogP contribution in [-0.4, -0.2) is 20.2 Å². The minimum absolute atomic E-state index is 0.0940. The summed E-state index contributed by atoms with van der Waals surface area (Å²) >= 11 is 3.22. The number of halogens is 1. The van der Waals surface area contributed by atoms with Crippen molar-refractivity contribution in [1.29, 1.82) is 0 Å². The first-order valence-corrected chi connectivity index (χ1v) is 10.2. The van der Waals surface area contributed by atoms with E-state index in [0.717, 1.165) is 0 Å². The Morgan fingerprint density at radius 3 is 2.21 bits per heavy atom. The molecule has 4 N–H and O–H groups in total. The van der Waals surface area contributed by atoms with Crippen molar-refractivity contribution in [3.63, 3.8) is 0 Å². The molecule has 2 aromatic carbocycles. The lowest BCUT2D eigenvalue weighted by Gasteiger charge is -2.10. The summed E-state index contributed by atoms with van der Waals surface area (Å²) in [5.74, 6) is -0.831. The number of amides is 2. The predicted octanol–water partition coefficient (Wildman–Crippen LogP) is 3.19. The van der Waals surface area contributed by atoms with Crippen molar-refractivity contribution < 1.29 is 22.4 Å². The maximum Gasteiger partial charge on any atom is 0.291 e. The number of furan rings is 1. The normalized spacial score (nSPS) is 11.1. The van der Waals surface area contributed by atoms with Crippen molar-refractivity contribution >= 4 is 49.1 Å². The summed E-state index contributed by atoms with van der Waals surface area (Å²) in [6.45, 7) is 0. The predicted molar refractivity (Wildman–Crippen MR) is 107 cm³/mol. The quantitative estimate of drug-likeness (QED) is 0.534. The third-order valence-electron chi connectivity index (χ3n) is 3.63. The molecule has 8 nitrogen and oxygen atoms in total. The molecule has 0 aliphatic carbocycles. The van der Waals surface area contributed by atoms with Crippen LogP contribution in [0.25, 0.3) is 0 Å². The van der Waals surface area contributed by atoms with Crippen molar-refractivity contribution in [3.8, 4) is 0 Å². The van der Waals surface area contributed by atoms with Gasteiger partial charge in [-0.2, -0.15) is 0 Å². The lowest BCUT2D eigenvalue weighted by atomic mass is 10.2. The van der Waals surface area contributed by atoms with Gasteiger partial charge in [0.2, 0.25) is 10.0 Å². The molecule has 28 heavy (non-hydrogen) atoms. The number of primary sulfonamides is 1. The molecule has 0 saturated carbocycles. The molecule has 0 spiro atoms. The number of hydrogen-bond donors (Lipinski definition) is 3. The van der Waals surface area contributed by atoms with Gasteiger partial charge in [-0.1, -0.05) is 6.07 Å². The zero-order chi connectivity index (χ0) is 20.3. The van der Waals surface area contributed by atoms with Crippen molar-refractivity contribution in [2.45, 2.75) is 4.90 Å². The minimum atomic E-state index is -3.95. The molecule has 10 heteroatoms. The Hall–Kier alpha value is -2.95.